The first-order valence-corrected chi connectivity index (χ1v) is 9.91. The first-order chi connectivity index (χ1) is 16.1. The summed E-state index contributed by atoms with van der Waals surface area (Å²) in [6.07, 6.45) is -2.65. The van der Waals surface area contributed by atoms with E-state index < -0.39 is 56.6 Å². The summed E-state index contributed by atoms with van der Waals surface area (Å²) < 4.78 is 27.8. The first kappa shape index (κ1) is 30.2. The van der Waals surface area contributed by atoms with E-state index in [0.717, 1.165) is 30.6 Å². The van der Waals surface area contributed by atoms with Crippen molar-refractivity contribution in [2.24, 2.45) is 5.73 Å². The number of nitrogens with one attached hydrogen (secondary N) is 1. The molecule has 0 aromatic rings. The third-order valence-corrected chi connectivity index (χ3v) is 3.55. The lowest BCUT2D eigenvalue weighted by molar-refractivity contribution is -0.151. The molecular weight excluding hydrogens is 464 g/mol. The first-order valence-electron chi connectivity index (χ1n) is 9.91. The van der Waals surface area contributed by atoms with Gasteiger partial charge in [-0.15, -0.1) is 0 Å². The molecule has 16 heteroatoms. The molecule has 0 aliphatic heterocycles. The van der Waals surface area contributed by atoms with Crippen molar-refractivity contribution in [3.63, 3.8) is 0 Å². The largest absolute Gasteiger partial charge is 0.428 e. The van der Waals surface area contributed by atoms with Gasteiger partial charge in [-0.1, -0.05) is 0 Å². The third kappa shape index (κ3) is 15.9. The molecule has 0 aliphatic carbocycles. The van der Waals surface area contributed by atoms with Gasteiger partial charge in [0.1, 0.15) is 0 Å². The Morgan fingerprint density at radius 2 is 1.03 bits per heavy atom. The van der Waals surface area contributed by atoms with Crippen LogP contribution in [0.3, 0.4) is 0 Å². The molecule has 0 bridgehead atoms. The number of hydrogen-bond donors (Lipinski definition) is 2. The molecule has 0 rings (SSSR count). The predicted octanol–water partition coefficient (Wildman–Crippen LogP) is -0.890. The number of nitrogens with two attached hydrogens (primary N) is 1. The van der Waals surface area contributed by atoms with Crippen molar-refractivity contribution in [2.45, 2.75) is 20.8 Å². The van der Waals surface area contributed by atoms with Gasteiger partial charge in [-0.3, -0.25) is 14.4 Å². The van der Waals surface area contributed by atoms with E-state index in [0.29, 0.717) is 0 Å². The lowest BCUT2D eigenvalue weighted by Gasteiger charge is -2.26. The van der Waals surface area contributed by atoms with Crippen molar-refractivity contribution in [3.8, 4) is 0 Å². The van der Waals surface area contributed by atoms with Crippen LogP contribution in [0.1, 0.15) is 20.8 Å². The summed E-state index contributed by atoms with van der Waals surface area (Å²) in [5.41, 5.74) is 5.50. The van der Waals surface area contributed by atoms with Crippen LogP contribution in [0.15, 0.2) is 0 Å². The minimum Gasteiger partial charge on any atom is -0.428 e. The van der Waals surface area contributed by atoms with Gasteiger partial charge in [-0.25, -0.2) is 14.4 Å². The fourth-order valence-corrected chi connectivity index (χ4v) is 2.00. The third-order valence-electron chi connectivity index (χ3n) is 3.55. The number of hydrogen-bond acceptors (Lipinski definition) is 13. The van der Waals surface area contributed by atoms with E-state index in [4.69, 9.17) is 15.2 Å². The summed E-state index contributed by atoms with van der Waals surface area (Å²) in [7, 11) is 0. The fourth-order valence-electron chi connectivity index (χ4n) is 2.00. The summed E-state index contributed by atoms with van der Waals surface area (Å²) >= 11 is 0. The number of alkyl carbamates (subject to hydrolysis) is 1. The van der Waals surface area contributed by atoms with Gasteiger partial charge in [-0.05, 0) is 0 Å². The maximum Gasteiger partial charge on any atom is 0.412 e. The van der Waals surface area contributed by atoms with Crippen LogP contribution in [-0.4, -0.2) is 106 Å². The van der Waals surface area contributed by atoms with E-state index in [1.165, 1.54) is 0 Å². The Kier molecular flexibility index (Phi) is 15.7. The van der Waals surface area contributed by atoms with Crippen LogP contribution in [0, 0.1) is 0 Å². The predicted molar refractivity (Wildman–Crippen MR) is 110 cm³/mol. The number of amides is 3. The van der Waals surface area contributed by atoms with Gasteiger partial charge in [0.05, 0.1) is 0 Å². The Morgan fingerprint density at radius 1 is 0.618 bits per heavy atom. The molecule has 0 atom stereocenters. The smallest absolute Gasteiger partial charge is 0.412 e. The van der Waals surface area contributed by atoms with Gasteiger partial charge in [0.25, 0.3) is 0 Å². The van der Waals surface area contributed by atoms with E-state index in [9.17, 15) is 28.8 Å². The van der Waals surface area contributed by atoms with E-state index in [2.05, 4.69) is 24.3 Å². The van der Waals surface area contributed by atoms with Crippen LogP contribution in [0.25, 0.3) is 0 Å². The van der Waals surface area contributed by atoms with Gasteiger partial charge in [0.15, 0.2) is 0 Å². The number of rotatable bonds is 14. The van der Waals surface area contributed by atoms with Crippen LogP contribution < -0.4 is 11.1 Å². The minimum atomic E-state index is -0.909. The van der Waals surface area contributed by atoms with E-state index >= 15 is 0 Å². The van der Waals surface area contributed by atoms with Gasteiger partial charge in [-0.2, -0.15) is 0 Å². The fraction of sp³-hybridized carbons (Fsp3) is 0.667. The van der Waals surface area contributed by atoms with Crippen LogP contribution in [0.4, 0.5) is 14.4 Å². The van der Waals surface area contributed by atoms with Crippen molar-refractivity contribution in [1.82, 2.24) is 15.1 Å². The van der Waals surface area contributed by atoms with Crippen molar-refractivity contribution in [2.75, 3.05) is 59.6 Å². The average Bonchev–Trinajstić information content (AvgIpc) is 2.74. The zero-order chi connectivity index (χ0) is 25.9. The van der Waals surface area contributed by atoms with Gasteiger partial charge >= 0.3 is 36.2 Å². The molecule has 34 heavy (non-hydrogen) atoms. The molecule has 0 aromatic carbocycles. The van der Waals surface area contributed by atoms with E-state index in [-0.39, 0.29) is 39.3 Å². The molecular formula is C18H30N4O12. The molecule has 0 unspecified atom stereocenters. The van der Waals surface area contributed by atoms with E-state index in [1.807, 2.05) is 0 Å². The Bertz CT molecular complexity index is 702. The van der Waals surface area contributed by atoms with Crippen molar-refractivity contribution < 1.29 is 57.2 Å². The van der Waals surface area contributed by atoms with Crippen molar-refractivity contribution in [1.29, 1.82) is 0 Å². The lowest BCUT2D eigenvalue weighted by atomic mass is 10.4. The van der Waals surface area contributed by atoms with Crippen LogP contribution in [0.2, 0.25) is 0 Å². The second-order valence-corrected chi connectivity index (χ2v) is 6.20. The molecule has 0 saturated carbocycles. The van der Waals surface area contributed by atoms with Crippen LogP contribution in [0.5, 0.6) is 0 Å². The maximum absolute atomic E-state index is 12.3. The molecule has 3 N–H and O–H groups in total. The highest BCUT2D eigenvalue weighted by molar-refractivity contribution is 5.70. The number of esters is 3. The van der Waals surface area contributed by atoms with Gasteiger partial charge in [0, 0.05) is 60.0 Å². The topological polar surface area (TPSA) is 202 Å². The molecule has 16 nitrogen and oxygen atoms in total. The highest BCUT2D eigenvalue weighted by atomic mass is 16.7. The molecule has 0 spiro atoms. The average molecular weight is 494 g/mol. The number of nitrogens with zero attached hydrogens (tertiary/aromatic N) is 2. The van der Waals surface area contributed by atoms with Crippen LogP contribution in [-0.2, 0) is 42.8 Å². The van der Waals surface area contributed by atoms with Gasteiger partial charge < -0.3 is 49.3 Å². The second-order valence-electron chi connectivity index (χ2n) is 6.20. The standard InChI is InChI=1S/C18H30N4O12/c1-13(23)29-10-32-16(26)20-5-7-22(18(28)34-12-31-15(3)25)9-8-21(6-4-19)17(27)33-11-30-14(2)24/h4-12,19H2,1-3H3,(H,20,26). The second kappa shape index (κ2) is 17.7. The lowest BCUT2D eigenvalue weighted by Crippen LogP contribution is -2.45. The molecule has 3 amide bonds. The normalized spacial score (nSPS) is 9.76. The number of carbonyl (C=O) groups is 6. The quantitative estimate of drug-likeness (QED) is 0.171. The Balaban J connectivity index is 4.87. The summed E-state index contributed by atoms with van der Waals surface area (Å²) in [5.74, 6) is -1.94. The molecule has 0 aliphatic rings. The molecule has 0 radical (unpaired) electrons. The maximum atomic E-state index is 12.3. The van der Waals surface area contributed by atoms with Crippen molar-refractivity contribution in [3.05, 3.63) is 0 Å². The van der Waals surface area contributed by atoms with E-state index in [1.54, 1.807) is 0 Å². The highest BCUT2D eigenvalue weighted by Crippen LogP contribution is 2.00. The number of carbonyl (C=O) groups excluding carboxylic acids is 6. The summed E-state index contributed by atoms with van der Waals surface area (Å²) in [6, 6.07) is 0. The Labute approximate surface area is 195 Å². The molecule has 0 heterocycles. The highest BCUT2D eigenvalue weighted by Gasteiger charge is 2.20. The minimum absolute atomic E-state index is 0.0599. The summed E-state index contributed by atoms with van der Waals surface area (Å²) in [4.78, 5) is 70.6. The Hall–Kier alpha value is -3.82. The van der Waals surface area contributed by atoms with Crippen LogP contribution >= 0.6 is 0 Å². The SMILES string of the molecule is CC(=O)OCOC(=O)NCCN(CCN(CCN)C(=O)OCOC(C)=O)C(=O)OCOC(C)=O. The zero-order valence-corrected chi connectivity index (χ0v) is 19.2. The Morgan fingerprint density at radius 3 is 1.44 bits per heavy atom. The molecule has 0 saturated heterocycles. The van der Waals surface area contributed by atoms with Crippen molar-refractivity contribution >= 4 is 36.2 Å². The molecule has 0 aromatic heterocycles. The molecule has 0 fully saturated rings. The monoisotopic (exact) mass is 494 g/mol. The zero-order valence-electron chi connectivity index (χ0n) is 19.2. The van der Waals surface area contributed by atoms with Gasteiger partial charge in [0.2, 0.25) is 20.4 Å². The molecule has 194 valence electrons. The summed E-state index contributed by atoms with van der Waals surface area (Å²) in [5, 5.41) is 2.33. The number of ether oxygens (including phenoxy) is 6. The summed E-state index contributed by atoms with van der Waals surface area (Å²) in [6.45, 7) is 1.39.